The minimum Gasteiger partial charge on any atom is -0.493 e. The topological polar surface area (TPSA) is 42.3 Å². The van der Waals surface area contributed by atoms with Crippen molar-refractivity contribution in [1.29, 1.82) is 5.41 Å². The van der Waals surface area contributed by atoms with Gasteiger partial charge in [0.2, 0.25) is 0 Å². The first-order chi connectivity index (χ1) is 6.24. The maximum Gasteiger partial charge on any atom is 0.180 e. The number of rotatable bonds is 3. The van der Waals surface area contributed by atoms with Crippen molar-refractivity contribution in [2.24, 2.45) is 0 Å². The van der Waals surface area contributed by atoms with E-state index in [4.69, 9.17) is 26.5 Å². The average molecular weight is 200 g/mol. The predicted molar refractivity (Wildman–Crippen MR) is 52.4 cm³/mol. The monoisotopic (exact) mass is 199 g/mol. The summed E-state index contributed by atoms with van der Waals surface area (Å²) in [6.45, 7) is 0. The van der Waals surface area contributed by atoms with Crippen LogP contribution in [0.15, 0.2) is 12.1 Å². The number of halogens is 1. The Hall–Kier alpha value is -1.22. The van der Waals surface area contributed by atoms with Crippen molar-refractivity contribution < 1.29 is 9.47 Å². The molecule has 0 aromatic heterocycles. The van der Waals surface area contributed by atoms with Crippen LogP contribution in [-0.4, -0.2) is 20.4 Å². The minimum absolute atomic E-state index is 0.400. The Morgan fingerprint density at radius 2 is 2.00 bits per heavy atom. The second kappa shape index (κ2) is 4.14. The molecule has 0 amide bonds. The molecule has 0 bridgehead atoms. The lowest BCUT2D eigenvalue weighted by Gasteiger charge is -2.10. The molecule has 0 aliphatic rings. The van der Waals surface area contributed by atoms with E-state index in [-0.39, 0.29) is 0 Å². The number of benzene rings is 1. The third-order valence-corrected chi connectivity index (χ3v) is 2.06. The molecule has 3 nitrogen and oxygen atoms in total. The minimum atomic E-state index is 0.400. The molecule has 0 aliphatic carbocycles. The molecule has 0 heterocycles. The summed E-state index contributed by atoms with van der Waals surface area (Å²) in [4.78, 5) is 0. The largest absolute Gasteiger partial charge is 0.493 e. The van der Waals surface area contributed by atoms with Crippen molar-refractivity contribution in [3.05, 3.63) is 22.7 Å². The molecule has 0 atom stereocenters. The fourth-order valence-corrected chi connectivity index (χ4v) is 1.30. The molecular weight excluding hydrogens is 190 g/mol. The van der Waals surface area contributed by atoms with Crippen molar-refractivity contribution in [3.63, 3.8) is 0 Å². The SMILES string of the molecule is COc1ccc(C=N)c(Cl)c1OC. The number of ether oxygens (including phenoxy) is 2. The first kappa shape index (κ1) is 9.86. The maximum absolute atomic E-state index is 7.08. The molecule has 0 spiro atoms. The summed E-state index contributed by atoms with van der Waals surface area (Å²) in [6, 6.07) is 3.42. The van der Waals surface area contributed by atoms with Crippen molar-refractivity contribution in [3.8, 4) is 11.5 Å². The van der Waals surface area contributed by atoms with Gasteiger partial charge in [-0.25, -0.2) is 0 Å². The van der Waals surface area contributed by atoms with E-state index in [0.29, 0.717) is 22.1 Å². The van der Waals surface area contributed by atoms with E-state index in [1.165, 1.54) is 20.4 Å². The van der Waals surface area contributed by atoms with Gasteiger partial charge in [0.25, 0.3) is 0 Å². The molecule has 0 saturated carbocycles. The highest BCUT2D eigenvalue weighted by molar-refractivity contribution is 6.34. The zero-order chi connectivity index (χ0) is 9.84. The van der Waals surface area contributed by atoms with Crippen LogP contribution in [0.3, 0.4) is 0 Å². The Morgan fingerprint density at radius 1 is 1.31 bits per heavy atom. The molecule has 0 aliphatic heterocycles. The van der Waals surface area contributed by atoms with Crippen LogP contribution >= 0.6 is 11.6 Å². The van der Waals surface area contributed by atoms with Crippen LogP contribution in [0, 0.1) is 5.41 Å². The molecule has 4 heteroatoms. The van der Waals surface area contributed by atoms with Crippen LogP contribution in [-0.2, 0) is 0 Å². The average Bonchev–Trinajstić information content (AvgIpc) is 2.17. The van der Waals surface area contributed by atoms with Gasteiger partial charge >= 0.3 is 0 Å². The van der Waals surface area contributed by atoms with E-state index >= 15 is 0 Å². The first-order valence-corrected chi connectivity index (χ1v) is 4.03. The van der Waals surface area contributed by atoms with E-state index in [9.17, 15) is 0 Å². The molecule has 0 saturated heterocycles. The summed E-state index contributed by atoms with van der Waals surface area (Å²) in [5, 5.41) is 7.48. The normalized spacial score (nSPS) is 9.46. The lowest BCUT2D eigenvalue weighted by molar-refractivity contribution is 0.355. The van der Waals surface area contributed by atoms with Crippen LogP contribution in [0.4, 0.5) is 0 Å². The summed E-state index contributed by atoms with van der Waals surface area (Å²) >= 11 is 5.94. The highest BCUT2D eigenvalue weighted by Crippen LogP contribution is 2.36. The van der Waals surface area contributed by atoms with E-state index < -0.39 is 0 Å². The highest BCUT2D eigenvalue weighted by atomic mass is 35.5. The molecular formula is C9H10ClNO2. The van der Waals surface area contributed by atoms with Gasteiger partial charge in [-0.1, -0.05) is 11.6 Å². The van der Waals surface area contributed by atoms with Crippen molar-refractivity contribution in [2.75, 3.05) is 14.2 Å². The van der Waals surface area contributed by atoms with Crippen LogP contribution in [0.25, 0.3) is 0 Å². The van der Waals surface area contributed by atoms with Gasteiger partial charge in [0.05, 0.1) is 19.2 Å². The lowest BCUT2D eigenvalue weighted by Crippen LogP contribution is -1.93. The fourth-order valence-electron chi connectivity index (χ4n) is 1.02. The number of hydrogen-bond donors (Lipinski definition) is 1. The second-order valence-electron chi connectivity index (χ2n) is 2.35. The van der Waals surface area contributed by atoms with Gasteiger partial charge in [-0.15, -0.1) is 0 Å². The van der Waals surface area contributed by atoms with Gasteiger partial charge < -0.3 is 14.9 Å². The summed E-state index contributed by atoms with van der Waals surface area (Å²) < 4.78 is 10.1. The lowest BCUT2D eigenvalue weighted by atomic mass is 10.2. The van der Waals surface area contributed by atoms with Gasteiger partial charge in [-0.2, -0.15) is 0 Å². The predicted octanol–water partition coefficient (Wildman–Crippen LogP) is 2.35. The van der Waals surface area contributed by atoms with E-state index in [1.807, 2.05) is 0 Å². The molecule has 1 N–H and O–H groups in total. The standard InChI is InChI=1S/C9H10ClNO2/c1-12-7-4-3-6(5-11)8(10)9(7)13-2/h3-5,11H,1-2H3. The number of hydrogen-bond acceptors (Lipinski definition) is 3. The maximum atomic E-state index is 7.08. The van der Waals surface area contributed by atoms with Crippen LogP contribution in [0.5, 0.6) is 11.5 Å². The van der Waals surface area contributed by atoms with Gasteiger partial charge in [0.15, 0.2) is 11.5 Å². The Kier molecular flexibility index (Phi) is 3.14. The highest BCUT2D eigenvalue weighted by Gasteiger charge is 2.10. The Bertz CT molecular complexity index is 326. The van der Waals surface area contributed by atoms with Gasteiger partial charge in [0, 0.05) is 11.8 Å². The van der Waals surface area contributed by atoms with Crippen molar-refractivity contribution >= 4 is 17.8 Å². The Morgan fingerprint density at radius 3 is 2.46 bits per heavy atom. The molecule has 0 unspecified atom stereocenters. The molecule has 13 heavy (non-hydrogen) atoms. The third kappa shape index (κ3) is 1.75. The molecule has 0 radical (unpaired) electrons. The Balaban J connectivity index is 3.31. The molecule has 1 aromatic carbocycles. The fraction of sp³-hybridized carbons (Fsp3) is 0.222. The van der Waals surface area contributed by atoms with E-state index in [1.54, 1.807) is 12.1 Å². The van der Waals surface area contributed by atoms with Gasteiger partial charge in [-0.3, -0.25) is 0 Å². The van der Waals surface area contributed by atoms with Crippen molar-refractivity contribution in [2.45, 2.75) is 0 Å². The number of nitrogens with one attached hydrogen (secondary N) is 1. The van der Waals surface area contributed by atoms with Crippen LogP contribution < -0.4 is 9.47 Å². The molecule has 1 aromatic rings. The second-order valence-corrected chi connectivity index (χ2v) is 2.73. The van der Waals surface area contributed by atoms with Gasteiger partial charge in [0.1, 0.15) is 0 Å². The van der Waals surface area contributed by atoms with Gasteiger partial charge in [-0.05, 0) is 12.1 Å². The summed E-state index contributed by atoms with van der Waals surface area (Å²) in [7, 11) is 3.05. The van der Waals surface area contributed by atoms with Crippen molar-refractivity contribution in [1.82, 2.24) is 0 Å². The molecule has 1 rings (SSSR count). The summed E-state index contributed by atoms with van der Waals surface area (Å²) in [6.07, 6.45) is 1.17. The third-order valence-electron chi connectivity index (χ3n) is 1.67. The Labute approximate surface area is 81.7 Å². The summed E-state index contributed by atoms with van der Waals surface area (Å²) in [5.41, 5.74) is 0.610. The van der Waals surface area contributed by atoms with Crippen LogP contribution in [0.1, 0.15) is 5.56 Å². The molecule has 0 fully saturated rings. The quantitative estimate of drug-likeness (QED) is 0.760. The molecule has 70 valence electrons. The van der Waals surface area contributed by atoms with E-state index in [2.05, 4.69) is 0 Å². The zero-order valence-electron chi connectivity index (χ0n) is 7.43. The number of methoxy groups -OCH3 is 2. The van der Waals surface area contributed by atoms with E-state index in [0.717, 1.165) is 0 Å². The smallest absolute Gasteiger partial charge is 0.180 e. The zero-order valence-corrected chi connectivity index (χ0v) is 8.18. The first-order valence-electron chi connectivity index (χ1n) is 3.65. The van der Waals surface area contributed by atoms with Crippen LogP contribution in [0.2, 0.25) is 5.02 Å². The summed E-state index contributed by atoms with van der Waals surface area (Å²) in [5.74, 6) is 1.03.